The van der Waals surface area contributed by atoms with Crippen molar-refractivity contribution in [2.75, 3.05) is 18.1 Å². The first-order chi connectivity index (χ1) is 15.8. The van der Waals surface area contributed by atoms with Gasteiger partial charge in [-0.1, -0.05) is 45.7 Å². The second-order valence-corrected chi connectivity index (χ2v) is 8.65. The second-order valence-electron chi connectivity index (χ2n) is 8.65. The van der Waals surface area contributed by atoms with Crippen molar-refractivity contribution in [1.82, 2.24) is 0 Å². The van der Waals surface area contributed by atoms with Crippen molar-refractivity contribution in [3.8, 4) is 17.2 Å². The number of unbranched alkanes of at least 4 members (excludes halogenated alkanes) is 3. The van der Waals surface area contributed by atoms with Crippen molar-refractivity contribution in [2.24, 2.45) is 0 Å². The summed E-state index contributed by atoms with van der Waals surface area (Å²) in [6.07, 6.45) is 4.20. The number of rotatable bonds is 12. The van der Waals surface area contributed by atoms with E-state index in [2.05, 4.69) is 6.92 Å². The topological polar surface area (TPSA) is 85.3 Å². The van der Waals surface area contributed by atoms with Gasteiger partial charge in [-0.2, -0.15) is 0 Å². The van der Waals surface area contributed by atoms with Crippen LogP contribution in [-0.4, -0.2) is 41.8 Å². The van der Waals surface area contributed by atoms with E-state index in [-0.39, 0.29) is 13.3 Å². The van der Waals surface area contributed by atoms with E-state index in [4.69, 9.17) is 14.2 Å². The molecule has 0 saturated heterocycles. The van der Waals surface area contributed by atoms with E-state index in [0.29, 0.717) is 31.1 Å². The Bertz CT molecular complexity index is 940. The molecule has 0 unspecified atom stereocenters. The molecule has 0 aromatic heterocycles. The molecule has 2 aromatic rings. The van der Waals surface area contributed by atoms with Crippen LogP contribution < -0.4 is 19.1 Å². The molecule has 2 aromatic carbocycles. The Morgan fingerprint density at radius 2 is 1.74 bits per heavy atom. The summed E-state index contributed by atoms with van der Waals surface area (Å²) in [4.78, 5) is 26.2. The van der Waals surface area contributed by atoms with Gasteiger partial charge in [-0.3, -0.25) is 4.79 Å². The summed E-state index contributed by atoms with van der Waals surface area (Å²) in [6, 6.07) is 14.4. The van der Waals surface area contributed by atoms with Crippen LogP contribution in [0.4, 0.5) is 5.69 Å². The number of amides is 1. The molecule has 1 amide bonds. The number of anilines is 1. The maximum absolute atomic E-state index is 13.1. The minimum atomic E-state index is -1.32. The first-order valence-electron chi connectivity index (χ1n) is 11.5. The van der Waals surface area contributed by atoms with Gasteiger partial charge in [0.1, 0.15) is 17.2 Å². The summed E-state index contributed by atoms with van der Waals surface area (Å²) in [5, 5.41) is 9.18. The van der Waals surface area contributed by atoms with E-state index in [1.54, 1.807) is 24.3 Å². The Kier molecular flexibility index (Phi) is 9.78. The van der Waals surface area contributed by atoms with Gasteiger partial charge in [0.2, 0.25) is 0 Å². The van der Waals surface area contributed by atoms with Crippen LogP contribution in [0.3, 0.4) is 0 Å². The molecule has 0 saturated carbocycles. The Morgan fingerprint density at radius 3 is 2.41 bits per heavy atom. The number of carbonyl (C=O) groups is 2. The van der Waals surface area contributed by atoms with Gasteiger partial charge in [-0.25, -0.2) is 4.79 Å². The number of nitrogens with zero attached hydrogens (tertiary/aromatic N) is 1. The number of aliphatic carboxylic acids is 1. The summed E-state index contributed by atoms with van der Waals surface area (Å²) < 4.78 is 17.3. The lowest BCUT2D eigenvalue weighted by Crippen LogP contribution is -2.46. The second kappa shape index (κ2) is 12.3. The Hall–Kier alpha value is -3.22. The van der Waals surface area contributed by atoms with Crippen molar-refractivity contribution >= 4 is 17.6 Å². The van der Waals surface area contributed by atoms with Crippen molar-refractivity contribution in [3.05, 3.63) is 48.5 Å². The lowest BCUT2D eigenvalue weighted by Gasteiger charge is -2.34. The first kappa shape index (κ1) is 27.0. The molecule has 0 fully saturated rings. The molecule has 1 aliphatic heterocycles. The van der Waals surface area contributed by atoms with Crippen LogP contribution in [0.2, 0.25) is 0 Å². The fourth-order valence-electron chi connectivity index (χ4n) is 3.61. The fraction of sp³-hybridized carbons (Fsp3) is 0.481. The molecule has 1 atom stereocenters. The molecule has 0 bridgehead atoms. The molecule has 7 heteroatoms. The minimum Gasteiger partial charge on any atom is -0.493 e. The first-order valence-corrected chi connectivity index (χ1v) is 11.5. The van der Waals surface area contributed by atoms with Crippen LogP contribution in [0.15, 0.2) is 48.5 Å². The predicted octanol–water partition coefficient (Wildman–Crippen LogP) is 5.71. The molecule has 1 N–H and O–H groups in total. The van der Waals surface area contributed by atoms with E-state index in [9.17, 15) is 14.7 Å². The highest BCUT2D eigenvalue weighted by molar-refractivity contribution is 6.00. The lowest BCUT2D eigenvalue weighted by atomic mass is 10.1. The quantitative estimate of drug-likeness (QED) is 0.399. The summed E-state index contributed by atoms with van der Waals surface area (Å²) in [7, 11) is 0. The van der Waals surface area contributed by atoms with Crippen LogP contribution in [0, 0.1) is 0 Å². The van der Waals surface area contributed by atoms with Gasteiger partial charge in [0.05, 0.1) is 12.3 Å². The standard InChI is InChI=1S/C26H33NO6.CH4/c1-4-5-6-9-17-27-21-10-7-8-11-22(21)32-23(24(27)28)16-18-31-19-12-14-20(15-13-19)33-26(2,3)25(29)30;/h7-8,10-15,23H,4-6,9,16-18H2,1-3H3,(H,29,30);1H4/t23-;/m0./s1. The summed E-state index contributed by atoms with van der Waals surface area (Å²) in [5.41, 5.74) is -0.490. The molecule has 34 heavy (non-hydrogen) atoms. The Labute approximate surface area is 202 Å². The third-order valence-corrected chi connectivity index (χ3v) is 5.56. The number of carbonyl (C=O) groups excluding carboxylic acids is 1. The van der Waals surface area contributed by atoms with Gasteiger partial charge >= 0.3 is 5.97 Å². The van der Waals surface area contributed by atoms with Gasteiger partial charge < -0.3 is 24.2 Å². The highest BCUT2D eigenvalue weighted by Crippen LogP contribution is 2.34. The Balaban J connectivity index is 0.00000408. The molecular weight excluding hydrogens is 434 g/mol. The van der Waals surface area contributed by atoms with Crippen molar-refractivity contribution in [3.63, 3.8) is 0 Å². The smallest absolute Gasteiger partial charge is 0.347 e. The molecule has 0 radical (unpaired) electrons. The number of hydrogen-bond donors (Lipinski definition) is 1. The number of ether oxygens (including phenoxy) is 3. The van der Waals surface area contributed by atoms with E-state index >= 15 is 0 Å². The number of fused-ring (bicyclic) bond motifs is 1. The number of hydrogen-bond acceptors (Lipinski definition) is 5. The Morgan fingerprint density at radius 1 is 1.06 bits per heavy atom. The molecular formula is C27H37NO6. The van der Waals surface area contributed by atoms with E-state index in [1.165, 1.54) is 13.8 Å². The minimum absolute atomic E-state index is 0. The van der Waals surface area contributed by atoms with Crippen molar-refractivity contribution < 1.29 is 28.9 Å². The maximum atomic E-state index is 13.1. The molecule has 7 nitrogen and oxygen atoms in total. The molecule has 0 aliphatic carbocycles. The van der Waals surface area contributed by atoms with Crippen molar-refractivity contribution in [2.45, 2.75) is 72.0 Å². The van der Waals surface area contributed by atoms with Crippen LogP contribution in [0.5, 0.6) is 17.2 Å². The molecule has 1 heterocycles. The van der Waals surface area contributed by atoms with Crippen LogP contribution in [0.1, 0.15) is 60.3 Å². The fourth-order valence-corrected chi connectivity index (χ4v) is 3.61. The molecule has 0 spiro atoms. The maximum Gasteiger partial charge on any atom is 0.347 e. The van der Waals surface area contributed by atoms with Gasteiger partial charge in [0, 0.05) is 13.0 Å². The zero-order chi connectivity index (χ0) is 23.8. The van der Waals surface area contributed by atoms with Gasteiger partial charge in [0.15, 0.2) is 11.7 Å². The number of carboxylic acids is 1. The van der Waals surface area contributed by atoms with Crippen LogP contribution in [-0.2, 0) is 9.59 Å². The SMILES string of the molecule is C.CCCCCCN1C(=O)[C@H](CCOc2ccc(OC(C)(C)C(=O)O)cc2)Oc2ccccc21. The third-order valence-electron chi connectivity index (χ3n) is 5.56. The van der Waals surface area contributed by atoms with Crippen LogP contribution in [0.25, 0.3) is 0 Å². The zero-order valence-electron chi connectivity index (χ0n) is 19.6. The van der Waals surface area contributed by atoms with Crippen LogP contribution >= 0.6 is 0 Å². The van der Waals surface area contributed by atoms with E-state index in [1.807, 2.05) is 29.2 Å². The molecule has 1 aliphatic rings. The number of benzene rings is 2. The monoisotopic (exact) mass is 471 g/mol. The molecule has 3 rings (SSSR count). The van der Waals surface area contributed by atoms with E-state index in [0.717, 1.165) is 37.1 Å². The average Bonchev–Trinajstić information content (AvgIpc) is 2.79. The van der Waals surface area contributed by atoms with Gasteiger partial charge in [0.25, 0.3) is 5.91 Å². The summed E-state index contributed by atoms with van der Waals surface area (Å²) in [6.45, 7) is 6.15. The normalized spacial score (nSPS) is 15.1. The number of para-hydroxylation sites is 2. The average molecular weight is 472 g/mol. The largest absolute Gasteiger partial charge is 0.493 e. The van der Waals surface area contributed by atoms with Gasteiger partial charge in [-0.05, 0) is 56.7 Å². The van der Waals surface area contributed by atoms with Gasteiger partial charge in [-0.15, -0.1) is 0 Å². The van der Waals surface area contributed by atoms with Crippen molar-refractivity contribution in [1.29, 1.82) is 0 Å². The predicted molar refractivity (Wildman–Crippen MR) is 133 cm³/mol. The summed E-state index contributed by atoms with van der Waals surface area (Å²) >= 11 is 0. The number of carboxylic acid groups (broad SMARTS) is 1. The highest BCUT2D eigenvalue weighted by Gasteiger charge is 2.34. The zero-order valence-corrected chi connectivity index (χ0v) is 19.6. The highest BCUT2D eigenvalue weighted by atomic mass is 16.5. The lowest BCUT2D eigenvalue weighted by molar-refractivity contribution is -0.152. The molecule has 186 valence electrons. The third kappa shape index (κ3) is 6.89. The summed E-state index contributed by atoms with van der Waals surface area (Å²) in [5.74, 6) is 0.695. The van der Waals surface area contributed by atoms with E-state index < -0.39 is 17.7 Å².